The summed E-state index contributed by atoms with van der Waals surface area (Å²) in [5, 5.41) is 7.22. The molecule has 2 amide bonds. The third-order valence-electron chi connectivity index (χ3n) is 4.82. The largest absolute Gasteiger partial charge is 0.343 e. The minimum absolute atomic E-state index is 0.0420. The van der Waals surface area contributed by atoms with Gasteiger partial charge in [-0.1, -0.05) is 0 Å². The highest BCUT2D eigenvalue weighted by Gasteiger charge is 2.32. The number of nitrogens with one attached hydrogen (secondary N) is 1. The first-order valence-electron chi connectivity index (χ1n) is 8.75. The number of rotatable bonds is 6. The standard InChI is InChI=1S/C17H29N5O2/c1-5-21(6-2)16(23)13-7-9-22(10-8-13)17(24)15(18-3)14-11-19-20(4)12-14/h11-13,15,18H,5-10H2,1-4H3. The van der Waals surface area contributed by atoms with Gasteiger partial charge in [-0.05, 0) is 33.7 Å². The number of likely N-dealkylation sites (tertiary alicyclic amines) is 1. The van der Waals surface area contributed by atoms with Crippen LogP contribution in [0, 0.1) is 5.92 Å². The maximum absolute atomic E-state index is 12.8. The van der Waals surface area contributed by atoms with Crippen LogP contribution < -0.4 is 5.32 Å². The van der Waals surface area contributed by atoms with E-state index in [-0.39, 0.29) is 23.8 Å². The topological polar surface area (TPSA) is 70.5 Å². The molecular weight excluding hydrogens is 306 g/mol. The lowest BCUT2D eigenvalue weighted by Crippen LogP contribution is -2.47. The summed E-state index contributed by atoms with van der Waals surface area (Å²) >= 11 is 0. The van der Waals surface area contributed by atoms with Gasteiger partial charge in [-0.15, -0.1) is 0 Å². The van der Waals surface area contributed by atoms with Crippen LogP contribution in [0.15, 0.2) is 12.4 Å². The smallest absolute Gasteiger partial charge is 0.244 e. The number of amides is 2. The van der Waals surface area contributed by atoms with Crippen LogP contribution in [0.3, 0.4) is 0 Å². The molecule has 1 unspecified atom stereocenters. The highest BCUT2D eigenvalue weighted by molar-refractivity contribution is 5.84. The minimum atomic E-state index is -0.381. The predicted molar refractivity (Wildman–Crippen MR) is 92.2 cm³/mol. The highest BCUT2D eigenvalue weighted by Crippen LogP contribution is 2.23. The molecule has 1 N–H and O–H groups in total. The molecule has 134 valence electrons. The van der Waals surface area contributed by atoms with E-state index in [4.69, 9.17) is 0 Å². The lowest BCUT2D eigenvalue weighted by molar-refractivity contribution is -0.141. The summed E-state index contributed by atoms with van der Waals surface area (Å²) in [6, 6.07) is -0.381. The van der Waals surface area contributed by atoms with Gasteiger partial charge in [0.1, 0.15) is 6.04 Å². The van der Waals surface area contributed by atoms with Crippen LogP contribution in [0.5, 0.6) is 0 Å². The van der Waals surface area contributed by atoms with Crippen molar-refractivity contribution in [3.63, 3.8) is 0 Å². The highest BCUT2D eigenvalue weighted by atomic mass is 16.2. The zero-order valence-corrected chi connectivity index (χ0v) is 15.2. The van der Waals surface area contributed by atoms with Crippen molar-refractivity contribution in [3.8, 4) is 0 Å². The summed E-state index contributed by atoms with van der Waals surface area (Å²) in [7, 11) is 3.62. The lowest BCUT2D eigenvalue weighted by Gasteiger charge is -2.35. The molecule has 2 rings (SSSR count). The summed E-state index contributed by atoms with van der Waals surface area (Å²) in [4.78, 5) is 29.0. The fourth-order valence-electron chi connectivity index (χ4n) is 3.34. The molecular formula is C17H29N5O2. The molecule has 0 radical (unpaired) electrons. The summed E-state index contributed by atoms with van der Waals surface area (Å²) in [5.74, 6) is 0.323. The van der Waals surface area contributed by atoms with Gasteiger partial charge in [0.05, 0.1) is 6.20 Å². The van der Waals surface area contributed by atoms with E-state index >= 15 is 0 Å². The quantitative estimate of drug-likeness (QED) is 0.834. The average Bonchev–Trinajstić information content (AvgIpc) is 3.02. The Morgan fingerprint density at radius 2 is 1.96 bits per heavy atom. The molecule has 1 fully saturated rings. The zero-order chi connectivity index (χ0) is 17.7. The van der Waals surface area contributed by atoms with Crippen LogP contribution in [-0.4, -0.2) is 64.6 Å². The fourth-order valence-corrected chi connectivity index (χ4v) is 3.34. The molecule has 0 bridgehead atoms. The van der Waals surface area contributed by atoms with Crippen molar-refractivity contribution in [2.45, 2.75) is 32.7 Å². The van der Waals surface area contributed by atoms with Gasteiger partial charge in [0, 0.05) is 50.9 Å². The molecule has 2 heterocycles. The second-order valence-electron chi connectivity index (χ2n) is 6.28. The number of carbonyl (C=O) groups excluding carboxylic acids is 2. The second-order valence-corrected chi connectivity index (χ2v) is 6.28. The van der Waals surface area contributed by atoms with Crippen LogP contribution in [0.2, 0.25) is 0 Å². The van der Waals surface area contributed by atoms with Crippen molar-refractivity contribution in [1.29, 1.82) is 0 Å². The number of nitrogens with zero attached hydrogens (tertiary/aromatic N) is 4. The van der Waals surface area contributed by atoms with Gasteiger partial charge in [0.2, 0.25) is 11.8 Å². The molecule has 1 aromatic heterocycles. The maximum Gasteiger partial charge on any atom is 0.244 e. The lowest BCUT2D eigenvalue weighted by atomic mass is 9.94. The van der Waals surface area contributed by atoms with Crippen molar-refractivity contribution in [2.75, 3.05) is 33.2 Å². The van der Waals surface area contributed by atoms with Gasteiger partial charge >= 0.3 is 0 Å². The van der Waals surface area contributed by atoms with E-state index in [1.165, 1.54) is 0 Å². The molecule has 1 atom stereocenters. The van der Waals surface area contributed by atoms with Crippen LogP contribution in [0.4, 0.5) is 0 Å². The third kappa shape index (κ3) is 3.95. The Morgan fingerprint density at radius 3 is 2.42 bits per heavy atom. The Morgan fingerprint density at radius 1 is 1.33 bits per heavy atom. The SMILES string of the molecule is CCN(CC)C(=O)C1CCN(C(=O)C(NC)c2cnn(C)c2)CC1. The number of hydrogen-bond acceptors (Lipinski definition) is 4. The Labute approximate surface area is 144 Å². The Balaban J connectivity index is 1.95. The van der Waals surface area contributed by atoms with Crippen molar-refractivity contribution in [2.24, 2.45) is 13.0 Å². The zero-order valence-electron chi connectivity index (χ0n) is 15.2. The number of piperidine rings is 1. The average molecular weight is 335 g/mol. The molecule has 1 saturated heterocycles. The fraction of sp³-hybridized carbons (Fsp3) is 0.706. The Hall–Kier alpha value is -1.89. The van der Waals surface area contributed by atoms with E-state index in [0.29, 0.717) is 13.1 Å². The summed E-state index contributed by atoms with van der Waals surface area (Å²) in [5.41, 5.74) is 0.867. The third-order valence-corrected chi connectivity index (χ3v) is 4.82. The molecule has 0 aromatic carbocycles. The molecule has 1 aromatic rings. The van der Waals surface area contributed by atoms with Crippen molar-refractivity contribution < 1.29 is 9.59 Å². The van der Waals surface area contributed by atoms with Gasteiger partial charge in [-0.3, -0.25) is 14.3 Å². The van der Waals surface area contributed by atoms with Crippen LogP contribution in [0.25, 0.3) is 0 Å². The first kappa shape index (κ1) is 18.4. The number of hydrogen-bond donors (Lipinski definition) is 1. The minimum Gasteiger partial charge on any atom is -0.343 e. The molecule has 0 spiro atoms. The predicted octanol–water partition coefficient (Wildman–Crippen LogP) is 0.788. The molecule has 7 nitrogen and oxygen atoms in total. The first-order valence-corrected chi connectivity index (χ1v) is 8.75. The Kier molecular flexibility index (Phi) is 6.36. The van der Waals surface area contributed by atoms with Gasteiger partial charge in [0.15, 0.2) is 0 Å². The van der Waals surface area contributed by atoms with E-state index in [2.05, 4.69) is 10.4 Å². The maximum atomic E-state index is 12.8. The number of aryl methyl sites for hydroxylation is 1. The van der Waals surface area contributed by atoms with E-state index in [9.17, 15) is 9.59 Å². The second kappa shape index (κ2) is 8.28. The van der Waals surface area contributed by atoms with Crippen molar-refractivity contribution in [3.05, 3.63) is 18.0 Å². The van der Waals surface area contributed by atoms with E-state index in [0.717, 1.165) is 31.5 Å². The van der Waals surface area contributed by atoms with Crippen LogP contribution >= 0.6 is 0 Å². The number of carbonyl (C=O) groups is 2. The van der Waals surface area contributed by atoms with Crippen LogP contribution in [-0.2, 0) is 16.6 Å². The molecule has 0 aliphatic carbocycles. The van der Waals surface area contributed by atoms with Gasteiger partial charge < -0.3 is 15.1 Å². The summed E-state index contributed by atoms with van der Waals surface area (Å²) in [6.45, 7) is 6.77. The monoisotopic (exact) mass is 335 g/mol. The van der Waals surface area contributed by atoms with Gasteiger partial charge in [-0.25, -0.2) is 0 Å². The van der Waals surface area contributed by atoms with E-state index < -0.39 is 0 Å². The molecule has 7 heteroatoms. The van der Waals surface area contributed by atoms with Crippen LogP contribution in [0.1, 0.15) is 38.3 Å². The van der Waals surface area contributed by atoms with E-state index in [1.807, 2.05) is 36.9 Å². The van der Waals surface area contributed by atoms with Crippen molar-refractivity contribution in [1.82, 2.24) is 24.9 Å². The normalized spacial score (nSPS) is 16.9. The van der Waals surface area contributed by atoms with Crippen molar-refractivity contribution >= 4 is 11.8 Å². The number of likely N-dealkylation sites (N-methyl/N-ethyl adjacent to an activating group) is 1. The molecule has 24 heavy (non-hydrogen) atoms. The van der Waals surface area contributed by atoms with Gasteiger partial charge in [0.25, 0.3) is 0 Å². The molecule has 0 saturated carbocycles. The number of aromatic nitrogens is 2. The van der Waals surface area contributed by atoms with E-state index in [1.54, 1.807) is 17.9 Å². The summed E-state index contributed by atoms with van der Waals surface area (Å²) < 4.78 is 1.70. The summed E-state index contributed by atoms with van der Waals surface area (Å²) in [6.07, 6.45) is 5.06. The van der Waals surface area contributed by atoms with Gasteiger partial charge in [-0.2, -0.15) is 5.10 Å². The Bertz CT molecular complexity index is 559. The molecule has 1 aliphatic heterocycles. The molecule has 1 aliphatic rings. The first-order chi connectivity index (χ1) is 11.5.